The molecule has 0 aliphatic carbocycles. The van der Waals surface area contributed by atoms with Crippen LogP contribution in [0, 0.1) is 18.6 Å². The molecule has 0 saturated carbocycles. The summed E-state index contributed by atoms with van der Waals surface area (Å²) in [5.41, 5.74) is 3.58. The fourth-order valence-corrected chi connectivity index (χ4v) is 3.30. The van der Waals surface area contributed by atoms with Gasteiger partial charge in [-0.2, -0.15) is 0 Å². The van der Waals surface area contributed by atoms with Gasteiger partial charge in [0.1, 0.15) is 17.2 Å². The predicted molar refractivity (Wildman–Crippen MR) is 96.9 cm³/mol. The summed E-state index contributed by atoms with van der Waals surface area (Å²) in [4.78, 5) is 14.1. The molecule has 3 rings (SSSR count). The smallest absolute Gasteiger partial charge is 0.410 e. The molecule has 1 aliphatic heterocycles. The van der Waals surface area contributed by atoms with Crippen molar-refractivity contribution in [3.05, 3.63) is 58.7 Å². The van der Waals surface area contributed by atoms with Gasteiger partial charge in [-0.15, -0.1) is 0 Å². The van der Waals surface area contributed by atoms with Gasteiger partial charge in [0.2, 0.25) is 0 Å². The summed E-state index contributed by atoms with van der Waals surface area (Å²) in [7, 11) is 0. The first kappa shape index (κ1) is 18.4. The Labute approximate surface area is 152 Å². The van der Waals surface area contributed by atoms with Gasteiger partial charge in [0.05, 0.1) is 0 Å². The lowest BCUT2D eigenvalue weighted by Crippen LogP contribution is -2.40. The lowest BCUT2D eigenvalue weighted by atomic mass is 9.88. The van der Waals surface area contributed by atoms with Crippen LogP contribution < -0.4 is 0 Å². The molecule has 1 aliphatic rings. The first-order valence-electron chi connectivity index (χ1n) is 8.70. The summed E-state index contributed by atoms with van der Waals surface area (Å²) >= 11 is 0. The van der Waals surface area contributed by atoms with E-state index in [9.17, 15) is 13.6 Å². The summed E-state index contributed by atoms with van der Waals surface area (Å²) < 4.78 is 33.1. The molecule has 1 amide bonds. The zero-order chi connectivity index (χ0) is 19.1. The molecule has 0 unspecified atom stereocenters. The van der Waals surface area contributed by atoms with Gasteiger partial charge < -0.3 is 9.64 Å². The molecular formula is C21H23F2NO2. The van der Waals surface area contributed by atoms with Crippen LogP contribution in [-0.2, 0) is 17.7 Å². The second-order valence-corrected chi connectivity index (χ2v) is 7.66. The monoisotopic (exact) mass is 359 g/mol. The van der Waals surface area contributed by atoms with Crippen LogP contribution in [0.5, 0.6) is 0 Å². The van der Waals surface area contributed by atoms with Crippen molar-refractivity contribution in [1.29, 1.82) is 0 Å². The van der Waals surface area contributed by atoms with E-state index in [4.69, 9.17) is 4.74 Å². The molecule has 5 heteroatoms. The predicted octanol–water partition coefficient (Wildman–Crippen LogP) is 5.23. The van der Waals surface area contributed by atoms with Crippen LogP contribution in [-0.4, -0.2) is 23.1 Å². The van der Waals surface area contributed by atoms with Crippen LogP contribution in [0.4, 0.5) is 13.6 Å². The minimum atomic E-state index is -0.609. The van der Waals surface area contributed by atoms with Gasteiger partial charge in [-0.05, 0) is 68.5 Å². The van der Waals surface area contributed by atoms with E-state index < -0.39 is 17.2 Å². The van der Waals surface area contributed by atoms with E-state index in [0.717, 1.165) is 22.8 Å². The number of halogens is 2. The maximum absolute atomic E-state index is 14.3. The van der Waals surface area contributed by atoms with E-state index in [1.165, 1.54) is 12.1 Å². The molecular weight excluding hydrogens is 336 g/mol. The average Bonchev–Trinajstić information content (AvgIpc) is 2.54. The lowest BCUT2D eigenvalue weighted by molar-refractivity contribution is 0.0224. The molecule has 26 heavy (non-hydrogen) atoms. The number of benzene rings is 2. The van der Waals surface area contributed by atoms with Crippen LogP contribution in [0.25, 0.3) is 11.1 Å². The fraction of sp³-hybridized carbons (Fsp3) is 0.381. The third-order valence-electron chi connectivity index (χ3n) is 4.52. The van der Waals surface area contributed by atoms with Crippen molar-refractivity contribution < 1.29 is 18.3 Å². The standard InChI is InChI=1S/C21H23F2NO2/c1-13-5-7-16(17-8-6-14(22)11-19(17)23)18-12-24(10-9-15(13)18)20(25)26-21(2,3)4/h5-8,11H,9-10,12H2,1-4H3. The number of hydrogen-bond acceptors (Lipinski definition) is 2. The van der Waals surface area contributed by atoms with E-state index in [1.807, 2.05) is 39.8 Å². The van der Waals surface area contributed by atoms with Crippen molar-refractivity contribution >= 4 is 6.09 Å². The Morgan fingerprint density at radius 1 is 1.08 bits per heavy atom. The Morgan fingerprint density at radius 3 is 2.42 bits per heavy atom. The Kier molecular flexibility index (Phi) is 4.74. The summed E-state index contributed by atoms with van der Waals surface area (Å²) in [5, 5.41) is 0. The highest BCUT2D eigenvalue weighted by atomic mass is 19.1. The third-order valence-corrected chi connectivity index (χ3v) is 4.52. The van der Waals surface area contributed by atoms with Crippen LogP contribution in [0.15, 0.2) is 30.3 Å². The highest BCUT2D eigenvalue weighted by Crippen LogP contribution is 2.34. The number of rotatable bonds is 1. The fourth-order valence-electron chi connectivity index (χ4n) is 3.30. The maximum Gasteiger partial charge on any atom is 0.410 e. The Balaban J connectivity index is 2.00. The van der Waals surface area contributed by atoms with Crippen LogP contribution in [0.1, 0.15) is 37.5 Å². The largest absolute Gasteiger partial charge is 0.444 e. The SMILES string of the molecule is Cc1ccc(-c2ccc(F)cc2F)c2c1CCN(C(=O)OC(C)(C)C)C2. The number of hydrogen-bond donors (Lipinski definition) is 0. The molecule has 1 heterocycles. The third kappa shape index (κ3) is 3.71. The molecule has 3 nitrogen and oxygen atoms in total. The van der Waals surface area contributed by atoms with E-state index in [2.05, 4.69) is 0 Å². The summed E-state index contributed by atoms with van der Waals surface area (Å²) in [6.07, 6.45) is 0.298. The topological polar surface area (TPSA) is 29.5 Å². The molecule has 2 aromatic carbocycles. The van der Waals surface area contributed by atoms with Gasteiger partial charge >= 0.3 is 6.09 Å². The molecule has 0 aromatic heterocycles. The van der Waals surface area contributed by atoms with E-state index in [1.54, 1.807) is 4.90 Å². The number of amides is 1. The van der Waals surface area contributed by atoms with Crippen molar-refractivity contribution in [2.75, 3.05) is 6.54 Å². The molecule has 138 valence electrons. The molecule has 2 aromatic rings. The summed E-state index contributed by atoms with van der Waals surface area (Å²) in [6.45, 7) is 8.38. The van der Waals surface area contributed by atoms with Crippen molar-refractivity contribution in [1.82, 2.24) is 4.90 Å². The molecule has 0 spiro atoms. The molecule has 0 saturated heterocycles. The van der Waals surface area contributed by atoms with E-state index >= 15 is 0 Å². The summed E-state index contributed by atoms with van der Waals surface area (Å²) in [6, 6.07) is 7.36. The summed E-state index contributed by atoms with van der Waals surface area (Å²) in [5.74, 6) is -1.21. The molecule has 0 atom stereocenters. The maximum atomic E-state index is 14.3. The van der Waals surface area contributed by atoms with Crippen molar-refractivity contribution in [3.63, 3.8) is 0 Å². The van der Waals surface area contributed by atoms with Gasteiger partial charge in [0.25, 0.3) is 0 Å². The van der Waals surface area contributed by atoms with Crippen LogP contribution in [0.3, 0.4) is 0 Å². The number of ether oxygens (including phenoxy) is 1. The van der Waals surface area contributed by atoms with Gasteiger partial charge in [-0.1, -0.05) is 12.1 Å². The van der Waals surface area contributed by atoms with Crippen LogP contribution >= 0.6 is 0 Å². The van der Waals surface area contributed by atoms with Gasteiger partial charge in [-0.3, -0.25) is 0 Å². The quantitative estimate of drug-likeness (QED) is 0.697. The second kappa shape index (κ2) is 6.71. The normalized spacial score (nSPS) is 14.2. The zero-order valence-electron chi connectivity index (χ0n) is 15.5. The van der Waals surface area contributed by atoms with Gasteiger partial charge in [-0.25, -0.2) is 13.6 Å². The Bertz CT molecular complexity index is 856. The van der Waals surface area contributed by atoms with Crippen molar-refractivity contribution in [2.45, 2.75) is 46.3 Å². The molecule has 0 N–H and O–H groups in total. The van der Waals surface area contributed by atoms with Crippen molar-refractivity contribution in [3.8, 4) is 11.1 Å². The van der Waals surface area contributed by atoms with E-state index in [0.29, 0.717) is 30.6 Å². The van der Waals surface area contributed by atoms with Crippen molar-refractivity contribution in [2.24, 2.45) is 0 Å². The number of nitrogens with zero attached hydrogens (tertiary/aromatic N) is 1. The van der Waals surface area contributed by atoms with Crippen LogP contribution in [0.2, 0.25) is 0 Å². The Morgan fingerprint density at radius 2 is 1.77 bits per heavy atom. The average molecular weight is 359 g/mol. The molecule has 0 radical (unpaired) electrons. The minimum Gasteiger partial charge on any atom is -0.444 e. The highest BCUT2D eigenvalue weighted by molar-refractivity contribution is 5.73. The highest BCUT2D eigenvalue weighted by Gasteiger charge is 2.28. The number of fused-ring (bicyclic) bond motifs is 1. The first-order chi connectivity index (χ1) is 12.2. The first-order valence-corrected chi connectivity index (χ1v) is 8.70. The number of carbonyl (C=O) groups excluding carboxylic acids is 1. The van der Waals surface area contributed by atoms with Gasteiger partial charge in [0.15, 0.2) is 0 Å². The second-order valence-electron chi connectivity index (χ2n) is 7.66. The number of aryl methyl sites for hydroxylation is 1. The Hall–Kier alpha value is -2.43. The minimum absolute atomic E-state index is 0.341. The molecule has 0 fully saturated rings. The zero-order valence-corrected chi connectivity index (χ0v) is 15.5. The lowest BCUT2D eigenvalue weighted by Gasteiger charge is -2.33. The molecule has 0 bridgehead atoms. The van der Waals surface area contributed by atoms with Gasteiger partial charge in [0, 0.05) is 24.7 Å². The van der Waals surface area contributed by atoms with E-state index in [-0.39, 0.29) is 6.09 Å². The number of carbonyl (C=O) groups is 1.